The van der Waals surface area contributed by atoms with Crippen molar-refractivity contribution in [3.8, 4) is 0 Å². The predicted molar refractivity (Wildman–Crippen MR) is 82.5 cm³/mol. The highest BCUT2D eigenvalue weighted by Crippen LogP contribution is 2.27. The highest BCUT2D eigenvalue weighted by Gasteiger charge is 2.25. The number of nitrogens with two attached hydrogens (primary N) is 1. The van der Waals surface area contributed by atoms with E-state index < -0.39 is 0 Å². The lowest BCUT2D eigenvalue weighted by atomic mass is 9.83. The maximum Gasteiger partial charge on any atom is 0.222 e. The van der Waals surface area contributed by atoms with Crippen LogP contribution in [-0.2, 0) is 4.79 Å². The molecule has 0 radical (unpaired) electrons. The third-order valence-electron chi connectivity index (χ3n) is 5.17. The molecule has 0 aromatic rings. The van der Waals surface area contributed by atoms with Crippen molar-refractivity contribution in [3.05, 3.63) is 0 Å². The fourth-order valence-electron chi connectivity index (χ4n) is 3.74. The predicted octanol–water partition coefficient (Wildman–Crippen LogP) is 1.84. The number of hydrogen-bond acceptors (Lipinski definition) is 3. The molecule has 20 heavy (non-hydrogen) atoms. The van der Waals surface area contributed by atoms with Gasteiger partial charge in [-0.25, -0.2) is 0 Å². The third kappa shape index (κ3) is 4.45. The molecule has 116 valence electrons. The van der Waals surface area contributed by atoms with Gasteiger partial charge < -0.3 is 15.5 Å². The Morgan fingerprint density at radius 1 is 1.30 bits per heavy atom. The molecule has 4 heteroatoms. The minimum Gasteiger partial charge on any atom is -0.344 e. The molecule has 0 spiro atoms. The van der Waals surface area contributed by atoms with Crippen LogP contribution >= 0.6 is 0 Å². The number of carbonyl (C=O) groups excluding carboxylic acids is 1. The van der Waals surface area contributed by atoms with Crippen LogP contribution in [-0.4, -0.2) is 55.0 Å². The summed E-state index contributed by atoms with van der Waals surface area (Å²) in [5, 5.41) is 0. The Hall–Kier alpha value is -0.610. The molecule has 1 aliphatic heterocycles. The lowest BCUT2D eigenvalue weighted by molar-refractivity contribution is -0.130. The average Bonchev–Trinajstić information content (AvgIpc) is 2.81. The van der Waals surface area contributed by atoms with Crippen molar-refractivity contribution < 1.29 is 4.79 Å². The summed E-state index contributed by atoms with van der Waals surface area (Å²) < 4.78 is 0. The molecule has 0 aromatic carbocycles. The molecule has 1 amide bonds. The molecule has 1 saturated carbocycles. The van der Waals surface area contributed by atoms with Crippen molar-refractivity contribution >= 4 is 5.91 Å². The van der Waals surface area contributed by atoms with Gasteiger partial charge in [0.15, 0.2) is 0 Å². The second-order valence-corrected chi connectivity index (χ2v) is 6.88. The molecule has 1 saturated heterocycles. The number of likely N-dealkylation sites (tertiary alicyclic amines) is 1. The van der Waals surface area contributed by atoms with Crippen LogP contribution in [0.15, 0.2) is 0 Å². The van der Waals surface area contributed by atoms with Crippen LogP contribution in [0.1, 0.15) is 51.4 Å². The van der Waals surface area contributed by atoms with Crippen LogP contribution in [0.3, 0.4) is 0 Å². The Morgan fingerprint density at radius 3 is 2.75 bits per heavy atom. The highest BCUT2D eigenvalue weighted by atomic mass is 16.2. The monoisotopic (exact) mass is 281 g/mol. The van der Waals surface area contributed by atoms with Gasteiger partial charge in [0.1, 0.15) is 0 Å². The highest BCUT2D eigenvalue weighted by molar-refractivity contribution is 5.75. The SMILES string of the molecule is CN(CC1CCCN1C)C(=O)CCC1CCCC(N)C1. The normalized spacial score (nSPS) is 31.4. The molecule has 0 aromatic heterocycles. The fourth-order valence-corrected chi connectivity index (χ4v) is 3.74. The molecule has 2 aliphatic rings. The summed E-state index contributed by atoms with van der Waals surface area (Å²) in [6.07, 6.45) is 9.00. The van der Waals surface area contributed by atoms with E-state index in [1.807, 2.05) is 11.9 Å². The Morgan fingerprint density at radius 2 is 2.10 bits per heavy atom. The van der Waals surface area contributed by atoms with E-state index >= 15 is 0 Å². The molecule has 3 atom stereocenters. The molecule has 2 N–H and O–H groups in total. The zero-order valence-corrected chi connectivity index (χ0v) is 13.2. The second kappa shape index (κ2) is 7.41. The van der Waals surface area contributed by atoms with Gasteiger partial charge in [0, 0.05) is 32.1 Å². The van der Waals surface area contributed by atoms with Crippen molar-refractivity contribution in [2.24, 2.45) is 11.7 Å². The van der Waals surface area contributed by atoms with E-state index in [9.17, 15) is 4.79 Å². The number of hydrogen-bond donors (Lipinski definition) is 1. The maximum absolute atomic E-state index is 12.2. The van der Waals surface area contributed by atoms with E-state index in [0.29, 0.717) is 30.3 Å². The first-order valence-corrected chi connectivity index (χ1v) is 8.26. The van der Waals surface area contributed by atoms with Crippen molar-refractivity contribution in [2.75, 3.05) is 27.2 Å². The van der Waals surface area contributed by atoms with Crippen molar-refractivity contribution in [1.82, 2.24) is 9.80 Å². The molecular formula is C16H31N3O. The van der Waals surface area contributed by atoms with Gasteiger partial charge in [-0.1, -0.05) is 12.8 Å². The Kier molecular flexibility index (Phi) is 5.85. The van der Waals surface area contributed by atoms with Crippen molar-refractivity contribution in [2.45, 2.75) is 63.5 Å². The molecular weight excluding hydrogens is 250 g/mol. The fraction of sp³-hybridized carbons (Fsp3) is 0.938. The minimum absolute atomic E-state index is 0.310. The van der Waals surface area contributed by atoms with Crippen molar-refractivity contribution in [3.63, 3.8) is 0 Å². The number of nitrogens with zero attached hydrogens (tertiary/aromatic N) is 2. The van der Waals surface area contributed by atoms with E-state index in [-0.39, 0.29) is 0 Å². The van der Waals surface area contributed by atoms with Gasteiger partial charge in [-0.15, -0.1) is 0 Å². The zero-order chi connectivity index (χ0) is 14.5. The first-order valence-electron chi connectivity index (χ1n) is 8.26. The van der Waals surface area contributed by atoms with Crippen LogP contribution in [0, 0.1) is 5.92 Å². The second-order valence-electron chi connectivity index (χ2n) is 6.88. The lowest BCUT2D eigenvalue weighted by Gasteiger charge is -2.28. The average molecular weight is 281 g/mol. The number of rotatable bonds is 5. The Balaban J connectivity index is 1.68. The number of likely N-dealkylation sites (N-methyl/N-ethyl adjacent to an activating group) is 2. The molecule has 4 nitrogen and oxygen atoms in total. The summed E-state index contributed by atoms with van der Waals surface area (Å²) in [7, 11) is 4.13. The van der Waals surface area contributed by atoms with E-state index in [4.69, 9.17) is 5.73 Å². The third-order valence-corrected chi connectivity index (χ3v) is 5.17. The van der Waals surface area contributed by atoms with Crippen LogP contribution in [0.4, 0.5) is 0 Å². The summed E-state index contributed by atoms with van der Waals surface area (Å²) in [4.78, 5) is 16.6. The first kappa shape index (κ1) is 15.8. The van der Waals surface area contributed by atoms with Crippen LogP contribution < -0.4 is 5.73 Å². The van der Waals surface area contributed by atoms with E-state index in [1.54, 1.807) is 0 Å². The molecule has 0 bridgehead atoms. The van der Waals surface area contributed by atoms with Crippen LogP contribution in [0.25, 0.3) is 0 Å². The van der Waals surface area contributed by atoms with Gasteiger partial charge in [0.25, 0.3) is 0 Å². The summed E-state index contributed by atoms with van der Waals surface area (Å²) in [5.41, 5.74) is 6.01. The molecule has 2 rings (SSSR count). The number of amides is 1. The summed E-state index contributed by atoms with van der Waals surface area (Å²) >= 11 is 0. The van der Waals surface area contributed by atoms with E-state index in [2.05, 4.69) is 11.9 Å². The van der Waals surface area contributed by atoms with Gasteiger partial charge in [-0.05, 0) is 51.6 Å². The van der Waals surface area contributed by atoms with E-state index in [0.717, 1.165) is 19.4 Å². The van der Waals surface area contributed by atoms with Crippen LogP contribution in [0.2, 0.25) is 0 Å². The molecule has 1 aliphatic carbocycles. The van der Waals surface area contributed by atoms with Gasteiger partial charge in [0.05, 0.1) is 0 Å². The van der Waals surface area contributed by atoms with Gasteiger partial charge in [-0.2, -0.15) is 0 Å². The zero-order valence-electron chi connectivity index (χ0n) is 13.2. The van der Waals surface area contributed by atoms with Crippen molar-refractivity contribution in [1.29, 1.82) is 0 Å². The quantitative estimate of drug-likeness (QED) is 0.836. The van der Waals surface area contributed by atoms with Gasteiger partial charge >= 0.3 is 0 Å². The minimum atomic E-state index is 0.310. The Bertz CT molecular complexity index is 321. The smallest absolute Gasteiger partial charge is 0.222 e. The largest absolute Gasteiger partial charge is 0.344 e. The summed E-state index contributed by atoms with van der Waals surface area (Å²) in [6.45, 7) is 2.06. The standard InChI is InChI=1S/C16H31N3O/c1-18-10-4-7-15(18)12-19(2)16(20)9-8-13-5-3-6-14(17)11-13/h13-15H,3-12,17H2,1-2H3. The molecule has 1 heterocycles. The topological polar surface area (TPSA) is 49.6 Å². The van der Waals surface area contributed by atoms with E-state index in [1.165, 1.54) is 38.6 Å². The van der Waals surface area contributed by atoms with Gasteiger partial charge in [0.2, 0.25) is 5.91 Å². The molecule has 3 unspecified atom stereocenters. The van der Waals surface area contributed by atoms with Gasteiger partial charge in [-0.3, -0.25) is 4.79 Å². The summed E-state index contributed by atoms with van der Waals surface area (Å²) in [6, 6.07) is 0.931. The number of carbonyl (C=O) groups is 1. The molecule has 2 fully saturated rings. The van der Waals surface area contributed by atoms with Crippen LogP contribution in [0.5, 0.6) is 0 Å². The summed E-state index contributed by atoms with van der Waals surface area (Å²) in [5.74, 6) is 0.981. The lowest BCUT2D eigenvalue weighted by Crippen LogP contribution is -2.39. The maximum atomic E-state index is 12.2. The first-order chi connectivity index (χ1) is 9.56. The Labute approximate surface area is 123 Å².